The van der Waals surface area contributed by atoms with E-state index < -0.39 is 27.4 Å². The molecule has 0 amide bonds. The molecule has 2 aliphatic heterocycles. The SMILES string of the molecule is C[C@@]1(O)CCC[C@H]1n1c(=O)c(C#N)cc2cnc(NC3CCN(S(=O)(=O)N4CCC4)CC3)nc21. The monoisotopic (exact) mass is 487 g/mol. The first-order chi connectivity index (χ1) is 16.2. The highest BCUT2D eigenvalue weighted by Gasteiger charge is 2.40. The highest BCUT2D eigenvalue weighted by Crippen LogP contribution is 2.39. The maximum Gasteiger partial charge on any atom is 0.281 e. The number of rotatable bonds is 5. The Morgan fingerprint density at radius 3 is 2.47 bits per heavy atom. The first-order valence-corrected chi connectivity index (χ1v) is 13.2. The van der Waals surface area contributed by atoms with Gasteiger partial charge in [0.15, 0.2) is 0 Å². The lowest BCUT2D eigenvalue weighted by Crippen LogP contribution is -2.53. The summed E-state index contributed by atoms with van der Waals surface area (Å²) in [7, 11) is -3.37. The van der Waals surface area contributed by atoms with Crippen molar-refractivity contribution in [2.45, 2.75) is 63.1 Å². The van der Waals surface area contributed by atoms with Crippen molar-refractivity contribution in [2.24, 2.45) is 0 Å². The molecule has 2 aromatic heterocycles. The minimum absolute atomic E-state index is 0.00436. The van der Waals surface area contributed by atoms with Gasteiger partial charge in [0.2, 0.25) is 5.95 Å². The highest BCUT2D eigenvalue weighted by molar-refractivity contribution is 7.86. The molecule has 0 bridgehead atoms. The molecule has 0 unspecified atom stereocenters. The molecule has 2 atom stereocenters. The first-order valence-electron chi connectivity index (χ1n) is 11.8. The van der Waals surface area contributed by atoms with E-state index in [2.05, 4.69) is 15.3 Å². The van der Waals surface area contributed by atoms with Crippen LogP contribution in [-0.2, 0) is 10.2 Å². The average Bonchev–Trinajstić information content (AvgIpc) is 3.11. The van der Waals surface area contributed by atoms with Crippen LogP contribution >= 0.6 is 0 Å². The molecule has 2 N–H and O–H groups in total. The van der Waals surface area contributed by atoms with E-state index >= 15 is 0 Å². The van der Waals surface area contributed by atoms with Crippen molar-refractivity contribution in [3.63, 3.8) is 0 Å². The smallest absolute Gasteiger partial charge is 0.281 e. The van der Waals surface area contributed by atoms with E-state index in [1.165, 1.54) is 19.2 Å². The van der Waals surface area contributed by atoms with Crippen molar-refractivity contribution >= 4 is 27.2 Å². The van der Waals surface area contributed by atoms with Gasteiger partial charge in [0, 0.05) is 43.8 Å². The highest BCUT2D eigenvalue weighted by atomic mass is 32.2. The molecule has 0 aromatic carbocycles. The van der Waals surface area contributed by atoms with Crippen molar-refractivity contribution in [2.75, 3.05) is 31.5 Å². The van der Waals surface area contributed by atoms with E-state index in [0.29, 0.717) is 68.8 Å². The molecule has 34 heavy (non-hydrogen) atoms. The molecule has 2 saturated heterocycles. The van der Waals surface area contributed by atoms with Crippen LogP contribution in [0.15, 0.2) is 17.1 Å². The molecule has 5 rings (SSSR count). The summed E-state index contributed by atoms with van der Waals surface area (Å²) < 4.78 is 29.7. The number of pyridine rings is 1. The Labute approximate surface area is 198 Å². The molecule has 11 nitrogen and oxygen atoms in total. The Bertz CT molecular complexity index is 1310. The topological polar surface area (TPSA) is 144 Å². The van der Waals surface area contributed by atoms with Gasteiger partial charge in [-0.25, -0.2) is 4.98 Å². The summed E-state index contributed by atoms with van der Waals surface area (Å²) >= 11 is 0. The second-order valence-electron chi connectivity index (χ2n) is 9.66. The fraction of sp³-hybridized carbons (Fsp3) is 0.636. The summed E-state index contributed by atoms with van der Waals surface area (Å²) in [6.07, 6.45) is 5.68. The number of aliphatic hydroxyl groups is 1. The third kappa shape index (κ3) is 3.96. The largest absolute Gasteiger partial charge is 0.388 e. The maximum atomic E-state index is 13.1. The molecular formula is C22H29N7O4S. The summed E-state index contributed by atoms with van der Waals surface area (Å²) in [4.78, 5) is 22.1. The molecule has 1 aliphatic carbocycles. The molecule has 182 valence electrons. The number of aromatic nitrogens is 3. The van der Waals surface area contributed by atoms with Crippen LogP contribution in [0.25, 0.3) is 11.0 Å². The molecule has 12 heteroatoms. The molecule has 3 aliphatic rings. The van der Waals surface area contributed by atoms with Crippen molar-refractivity contribution in [3.05, 3.63) is 28.2 Å². The maximum absolute atomic E-state index is 13.1. The van der Waals surface area contributed by atoms with Crippen LogP contribution in [0.3, 0.4) is 0 Å². The normalized spacial score (nSPS) is 26.9. The van der Waals surface area contributed by atoms with Crippen molar-refractivity contribution < 1.29 is 13.5 Å². The summed E-state index contributed by atoms with van der Waals surface area (Å²) in [6.45, 7) is 3.74. The van der Waals surface area contributed by atoms with E-state index in [0.717, 1.165) is 12.8 Å². The van der Waals surface area contributed by atoms with Crippen LogP contribution in [0.1, 0.15) is 57.1 Å². The number of hydrogen-bond donors (Lipinski definition) is 2. The molecule has 4 heterocycles. The number of fused-ring (bicyclic) bond motifs is 1. The van der Waals surface area contributed by atoms with Gasteiger partial charge in [0.1, 0.15) is 17.3 Å². The Kier molecular flexibility index (Phi) is 5.84. The number of anilines is 1. The predicted octanol–water partition coefficient (Wildman–Crippen LogP) is 0.966. The Hall–Kier alpha value is -2.59. The Balaban J connectivity index is 1.40. The van der Waals surface area contributed by atoms with E-state index in [4.69, 9.17) is 0 Å². The fourth-order valence-corrected chi connectivity index (χ4v) is 6.91. The third-order valence-electron chi connectivity index (χ3n) is 7.34. The fourth-order valence-electron chi connectivity index (χ4n) is 5.19. The summed E-state index contributed by atoms with van der Waals surface area (Å²) in [5.41, 5.74) is -1.16. The molecule has 1 saturated carbocycles. The van der Waals surface area contributed by atoms with Crippen LogP contribution in [0.5, 0.6) is 0 Å². The molecular weight excluding hydrogens is 458 g/mol. The lowest BCUT2D eigenvalue weighted by atomic mass is 9.99. The number of piperidine rings is 1. The van der Waals surface area contributed by atoms with E-state index in [1.54, 1.807) is 13.1 Å². The lowest BCUT2D eigenvalue weighted by molar-refractivity contribution is 0.0266. The zero-order chi connectivity index (χ0) is 24.1. The van der Waals surface area contributed by atoms with Gasteiger partial charge in [-0.1, -0.05) is 0 Å². The first kappa shape index (κ1) is 23.2. The van der Waals surface area contributed by atoms with E-state index in [9.17, 15) is 23.6 Å². The molecule has 3 fully saturated rings. The second kappa shape index (κ2) is 8.57. The zero-order valence-electron chi connectivity index (χ0n) is 19.1. The van der Waals surface area contributed by atoms with Gasteiger partial charge >= 0.3 is 0 Å². The third-order valence-corrected chi connectivity index (χ3v) is 9.37. The van der Waals surface area contributed by atoms with Crippen molar-refractivity contribution in [1.29, 1.82) is 5.26 Å². The van der Waals surface area contributed by atoms with Crippen LogP contribution in [0.2, 0.25) is 0 Å². The van der Waals surface area contributed by atoms with E-state index in [1.807, 2.05) is 6.07 Å². The predicted molar refractivity (Wildman–Crippen MR) is 125 cm³/mol. The van der Waals surface area contributed by atoms with Gasteiger partial charge < -0.3 is 10.4 Å². The van der Waals surface area contributed by atoms with Gasteiger partial charge in [-0.05, 0) is 51.5 Å². The van der Waals surface area contributed by atoms with Gasteiger partial charge in [0.05, 0.1) is 11.6 Å². The Morgan fingerprint density at radius 2 is 1.88 bits per heavy atom. The number of nitriles is 1. The van der Waals surface area contributed by atoms with Crippen LogP contribution < -0.4 is 10.9 Å². The summed E-state index contributed by atoms with van der Waals surface area (Å²) in [5, 5.41) is 24.2. The lowest BCUT2D eigenvalue weighted by Gasteiger charge is -2.38. The molecule has 0 radical (unpaired) electrons. The van der Waals surface area contributed by atoms with Crippen LogP contribution in [-0.4, -0.2) is 74.5 Å². The van der Waals surface area contributed by atoms with Gasteiger partial charge in [-0.3, -0.25) is 9.36 Å². The zero-order valence-corrected chi connectivity index (χ0v) is 20.0. The van der Waals surface area contributed by atoms with Gasteiger partial charge in [-0.15, -0.1) is 0 Å². The average molecular weight is 488 g/mol. The summed E-state index contributed by atoms with van der Waals surface area (Å²) in [5.74, 6) is 0.340. The van der Waals surface area contributed by atoms with Crippen molar-refractivity contribution in [3.8, 4) is 6.07 Å². The molecule has 2 aromatic rings. The van der Waals surface area contributed by atoms with Gasteiger partial charge in [0.25, 0.3) is 15.8 Å². The second-order valence-corrected chi connectivity index (χ2v) is 11.6. The minimum Gasteiger partial charge on any atom is -0.388 e. The molecule has 0 spiro atoms. The van der Waals surface area contributed by atoms with Crippen molar-refractivity contribution in [1.82, 2.24) is 23.1 Å². The number of nitrogens with one attached hydrogen (secondary N) is 1. The number of hydrogen-bond acceptors (Lipinski definition) is 8. The minimum atomic E-state index is -3.37. The summed E-state index contributed by atoms with van der Waals surface area (Å²) in [6, 6.07) is 2.95. The van der Waals surface area contributed by atoms with E-state index in [-0.39, 0.29) is 11.6 Å². The standard InChI is InChI=1S/C22H29N7O4S/c1-22(31)7-2-4-18(22)29-19-16(12-15(13-23)20(29)30)14-24-21(26-19)25-17-5-10-28(11-6-17)34(32,33)27-8-3-9-27/h12,14,17-18,31H,2-11H2,1H3,(H,24,25,26)/t18-,22-/m1/s1. The van der Waals surface area contributed by atoms with Crippen LogP contribution in [0.4, 0.5) is 5.95 Å². The Morgan fingerprint density at radius 1 is 1.18 bits per heavy atom. The number of nitrogens with zero attached hydrogens (tertiary/aromatic N) is 6. The quantitative estimate of drug-likeness (QED) is 0.635. The van der Waals surface area contributed by atoms with Gasteiger partial charge in [-0.2, -0.15) is 27.3 Å². The van der Waals surface area contributed by atoms with Crippen LogP contribution in [0, 0.1) is 11.3 Å².